The lowest BCUT2D eigenvalue weighted by molar-refractivity contribution is -0.130. The van der Waals surface area contributed by atoms with Gasteiger partial charge >= 0.3 is 5.97 Å². The second-order valence-corrected chi connectivity index (χ2v) is 16.1. The van der Waals surface area contributed by atoms with Gasteiger partial charge < -0.3 is 4.43 Å². The van der Waals surface area contributed by atoms with Crippen LogP contribution in [0.1, 0.15) is 26.7 Å². The van der Waals surface area contributed by atoms with E-state index in [-0.39, 0.29) is 5.97 Å². The largest absolute Gasteiger partial charge is 0.517 e. The number of hydrogen-bond donors (Lipinski definition) is 0. The van der Waals surface area contributed by atoms with E-state index < -0.39 is 16.4 Å². The first-order valence-corrected chi connectivity index (χ1v) is 13.3. The van der Waals surface area contributed by atoms with Crippen molar-refractivity contribution in [2.24, 2.45) is 0 Å². The van der Waals surface area contributed by atoms with E-state index in [0.29, 0.717) is 0 Å². The highest BCUT2D eigenvalue weighted by molar-refractivity contribution is 6.83. The highest BCUT2D eigenvalue weighted by atomic mass is 28.4. The molecule has 0 heterocycles. The molecule has 0 aromatic rings. The monoisotopic (exact) mass is 272 g/mol. The molecule has 0 spiro atoms. The first-order chi connectivity index (χ1) is 7.49. The average molecular weight is 273 g/mol. The Bertz CT molecular complexity index is 306. The Hall–Kier alpha value is -0.356. The van der Waals surface area contributed by atoms with Gasteiger partial charge in [0.05, 0.1) is 8.07 Å². The van der Waals surface area contributed by atoms with Crippen LogP contribution in [0.2, 0.25) is 39.3 Å². The maximum atomic E-state index is 12.1. The fourth-order valence-electron chi connectivity index (χ4n) is 1.85. The molecule has 0 aliphatic carbocycles. The van der Waals surface area contributed by atoms with E-state index >= 15 is 0 Å². The third kappa shape index (κ3) is 6.22. The molecule has 17 heavy (non-hydrogen) atoms. The van der Waals surface area contributed by atoms with E-state index in [4.69, 9.17) is 4.43 Å². The summed E-state index contributed by atoms with van der Waals surface area (Å²) in [5.74, 6) is -0.0879. The first kappa shape index (κ1) is 16.6. The van der Waals surface area contributed by atoms with Crippen LogP contribution in [0.25, 0.3) is 0 Å². The first-order valence-electron chi connectivity index (χ1n) is 6.42. The number of carbonyl (C=O) groups excluding carboxylic acids is 1. The third-order valence-corrected chi connectivity index (χ3v) is 5.80. The second kappa shape index (κ2) is 6.00. The number of rotatable bonds is 5. The topological polar surface area (TPSA) is 26.3 Å². The number of allylic oxidation sites excluding steroid dienone is 1. The van der Waals surface area contributed by atoms with Crippen LogP contribution in [-0.2, 0) is 9.22 Å². The number of hydrogen-bond acceptors (Lipinski definition) is 2. The third-order valence-electron chi connectivity index (χ3n) is 2.56. The van der Waals surface area contributed by atoms with Gasteiger partial charge in [-0.15, -0.1) is 0 Å². The van der Waals surface area contributed by atoms with Crippen LogP contribution in [0.5, 0.6) is 0 Å². The van der Waals surface area contributed by atoms with E-state index in [1.54, 1.807) is 0 Å². The molecule has 0 unspecified atom stereocenters. The minimum Gasteiger partial charge on any atom is -0.517 e. The Kier molecular flexibility index (Phi) is 5.88. The Morgan fingerprint density at radius 2 is 1.53 bits per heavy atom. The zero-order chi connectivity index (χ0) is 13.9. The van der Waals surface area contributed by atoms with Crippen LogP contribution in [0.3, 0.4) is 0 Å². The molecule has 0 atom stereocenters. The van der Waals surface area contributed by atoms with E-state index in [1.807, 2.05) is 26.6 Å². The van der Waals surface area contributed by atoms with Gasteiger partial charge in [-0.3, -0.25) is 0 Å². The lowest BCUT2D eigenvalue weighted by atomic mass is 10.2. The van der Waals surface area contributed by atoms with Crippen molar-refractivity contribution in [3.8, 4) is 0 Å². The van der Waals surface area contributed by atoms with Gasteiger partial charge in [-0.1, -0.05) is 38.2 Å². The summed E-state index contributed by atoms with van der Waals surface area (Å²) in [6.07, 6.45) is 2.12. The Labute approximate surface area is 109 Å². The highest BCUT2D eigenvalue weighted by Gasteiger charge is 2.27. The predicted octanol–water partition coefficient (Wildman–Crippen LogP) is 4.36. The van der Waals surface area contributed by atoms with Gasteiger partial charge in [-0.05, 0) is 33.0 Å². The van der Waals surface area contributed by atoms with Crippen molar-refractivity contribution in [1.29, 1.82) is 0 Å². The van der Waals surface area contributed by atoms with Crippen molar-refractivity contribution in [3.63, 3.8) is 0 Å². The summed E-state index contributed by atoms with van der Waals surface area (Å²) in [5.41, 5.74) is 0.869. The van der Waals surface area contributed by atoms with E-state index in [2.05, 4.69) is 26.6 Å². The van der Waals surface area contributed by atoms with Crippen LogP contribution < -0.4 is 0 Å². The molecule has 0 radical (unpaired) electrons. The van der Waals surface area contributed by atoms with Gasteiger partial charge in [-0.25, -0.2) is 4.79 Å². The van der Waals surface area contributed by atoms with Gasteiger partial charge in [0.1, 0.15) is 0 Å². The molecule has 0 amide bonds. The van der Waals surface area contributed by atoms with Gasteiger partial charge in [0.15, 0.2) is 0 Å². The van der Waals surface area contributed by atoms with Crippen LogP contribution >= 0.6 is 0 Å². The molecule has 0 rings (SSSR count). The van der Waals surface area contributed by atoms with Crippen LogP contribution in [0.15, 0.2) is 10.8 Å². The summed E-state index contributed by atoms with van der Waals surface area (Å²) < 4.78 is 5.59. The summed E-state index contributed by atoms with van der Waals surface area (Å²) >= 11 is 0. The van der Waals surface area contributed by atoms with E-state index in [1.165, 1.54) is 5.20 Å². The molecular formula is C13H28O2Si2. The zero-order valence-corrected chi connectivity index (χ0v) is 14.7. The van der Waals surface area contributed by atoms with E-state index in [9.17, 15) is 4.79 Å². The Morgan fingerprint density at radius 3 is 1.82 bits per heavy atom. The summed E-state index contributed by atoms with van der Waals surface area (Å²) in [6.45, 7) is 17.1. The fourth-order valence-corrected chi connectivity index (χ4v) is 4.79. The van der Waals surface area contributed by atoms with Crippen molar-refractivity contribution in [3.05, 3.63) is 10.8 Å². The van der Waals surface area contributed by atoms with Crippen LogP contribution in [0.4, 0.5) is 0 Å². The molecule has 100 valence electrons. The molecule has 0 aliphatic rings. The molecular weight excluding hydrogens is 244 g/mol. The minimum atomic E-state index is -1.78. The van der Waals surface area contributed by atoms with Gasteiger partial charge in [0, 0.05) is 5.57 Å². The van der Waals surface area contributed by atoms with Crippen LogP contribution in [-0.4, -0.2) is 22.4 Å². The quantitative estimate of drug-likeness (QED) is 0.549. The summed E-state index contributed by atoms with van der Waals surface area (Å²) in [7, 11) is -3.19. The maximum absolute atomic E-state index is 12.1. The molecule has 0 saturated carbocycles. The molecule has 0 N–H and O–H groups in total. The molecule has 0 aromatic heterocycles. The van der Waals surface area contributed by atoms with Crippen molar-refractivity contribution in [2.45, 2.75) is 66.0 Å². The molecule has 4 heteroatoms. The predicted molar refractivity (Wildman–Crippen MR) is 80.4 cm³/mol. The number of carbonyl (C=O) groups is 1. The molecule has 0 saturated heterocycles. The molecule has 0 aromatic carbocycles. The molecule has 2 nitrogen and oxygen atoms in total. The standard InChI is InChI=1S/C13H28O2Si2/c1-9-10-12(16(3,4)5)11(2)13(14)15-17(6,7)8/h9-10H2,1-8H3. The van der Waals surface area contributed by atoms with Crippen LogP contribution in [0, 0.1) is 0 Å². The Balaban J connectivity index is 5.15. The molecule has 0 fully saturated rings. The normalized spacial score (nSPS) is 14.4. The molecule has 0 bridgehead atoms. The molecule has 0 aliphatic heterocycles. The van der Waals surface area contributed by atoms with E-state index in [0.717, 1.165) is 18.4 Å². The SMILES string of the molecule is CCCC(=C(C)C(=O)O[Si](C)(C)C)[Si](C)(C)C. The lowest BCUT2D eigenvalue weighted by Gasteiger charge is -2.25. The van der Waals surface area contributed by atoms with Crippen molar-refractivity contribution in [2.75, 3.05) is 0 Å². The fraction of sp³-hybridized carbons (Fsp3) is 0.769. The average Bonchev–Trinajstić information content (AvgIpc) is 2.08. The smallest absolute Gasteiger partial charge is 0.319 e. The van der Waals surface area contributed by atoms with Gasteiger partial charge in [0.25, 0.3) is 0 Å². The Morgan fingerprint density at radius 1 is 1.06 bits per heavy atom. The lowest BCUT2D eigenvalue weighted by Crippen LogP contribution is -2.32. The summed E-state index contributed by atoms with van der Waals surface area (Å²) in [4.78, 5) is 12.1. The van der Waals surface area contributed by atoms with Gasteiger partial charge in [-0.2, -0.15) is 0 Å². The highest BCUT2D eigenvalue weighted by Crippen LogP contribution is 2.24. The van der Waals surface area contributed by atoms with Crippen molar-refractivity contribution >= 4 is 22.4 Å². The summed E-state index contributed by atoms with van der Waals surface area (Å²) in [6, 6.07) is 0. The minimum absolute atomic E-state index is 0.0879. The summed E-state index contributed by atoms with van der Waals surface area (Å²) in [5, 5.41) is 1.36. The van der Waals surface area contributed by atoms with Crippen molar-refractivity contribution in [1.82, 2.24) is 0 Å². The van der Waals surface area contributed by atoms with Gasteiger partial charge in [0.2, 0.25) is 8.32 Å². The zero-order valence-electron chi connectivity index (χ0n) is 12.7. The second-order valence-electron chi connectivity index (χ2n) is 6.61. The van der Waals surface area contributed by atoms with Crippen molar-refractivity contribution < 1.29 is 9.22 Å². The maximum Gasteiger partial charge on any atom is 0.319 e.